The van der Waals surface area contributed by atoms with Crippen LogP contribution in [-0.2, 0) is 19.8 Å². The van der Waals surface area contributed by atoms with Gasteiger partial charge in [-0.1, -0.05) is 5.16 Å². The number of fused-ring (bicyclic) bond motifs is 2. The summed E-state index contributed by atoms with van der Waals surface area (Å²) in [6, 6.07) is 4.07. The minimum absolute atomic E-state index is 0.194. The molecule has 0 amide bonds. The van der Waals surface area contributed by atoms with Gasteiger partial charge in [-0.3, -0.25) is 0 Å². The third-order valence-corrected chi connectivity index (χ3v) is 6.78. The highest BCUT2D eigenvalue weighted by atomic mass is 19.4. The first-order valence-electron chi connectivity index (χ1n) is 11.9. The summed E-state index contributed by atoms with van der Waals surface area (Å²) in [5, 5.41) is 8.13. The molecule has 6 rings (SSSR count). The molecule has 4 aromatic rings. The normalized spacial score (nSPS) is 16.2. The molecule has 13 heteroatoms. The zero-order valence-electron chi connectivity index (χ0n) is 20.0. The second kappa shape index (κ2) is 9.21. The van der Waals surface area contributed by atoms with Crippen molar-refractivity contribution >= 4 is 16.9 Å². The summed E-state index contributed by atoms with van der Waals surface area (Å²) in [7, 11) is 2.03. The molecule has 37 heavy (non-hydrogen) atoms. The maximum atomic E-state index is 12.7. The number of ether oxygens (including phenoxy) is 2. The molecule has 5 heterocycles. The fourth-order valence-electron chi connectivity index (χ4n) is 4.80. The van der Waals surface area contributed by atoms with Gasteiger partial charge in [0.1, 0.15) is 0 Å². The minimum atomic E-state index is -4.69. The molecular formula is C24H24F3N7O3. The topological polar surface area (TPSA) is 103 Å². The third kappa shape index (κ3) is 4.66. The Morgan fingerprint density at radius 2 is 1.81 bits per heavy atom. The van der Waals surface area contributed by atoms with Crippen LogP contribution in [0.1, 0.15) is 24.3 Å². The number of hydrogen-bond donors (Lipinski definition) is 1. The van der Waals surface area contributed by atoms with Crippen molar-refractivity contribution in [2.45, 2.75) is 25.6 Å². The van der Waals surface area contributed by atoms with Gasteiger partial charge in [0.2, 0.25) is 18.6 Å². The number of benzene rings is 1. The molecule has 0 radical (unpaired) electrons. The lowest BCUT2D eigenvalue weighted by Gasteiger charge is -2.32. The second-order valence-corrected chi connectivity index (χ2v) is 9.24. The first-order valence-corrected chi connectivity index (χ1v) is 11.9. The summed E-state index contributed by atoms with van der Waals surface area (Å²) in [6.07, 6.45) is 2.23. The van der Waals surface area contributed by atoms with Gasteiger partial charge in [0.25, 0.3) is 0 Å². The van der Waals surface area contributed by atoms with Gasteiger partial charge in [0.15, 0.2) is 11.5 Å². The van der Waals surface area contributed by atoms with E-state index in [9.17, 15) is 13.2 Å². The number of aryl methyl sites for hydroxylation is 1. The molecule has 1 N–H and O–H groups in total. The number of nitrogens with one attached hydrogen (secondary N) is 1. The second-order valence-electron chi connectivity index (χ2n) is 9.24. The predicted molar refractivity (Wildman–Crippen MR) is 126 cm³/mol. The van der Waals surface area contributed by atoms with Crippen molar-refractivity contribution in [3.05, 3.63) is 42.2 Å². The number of aromatic nitrogens is 5. The summed E-state index contributed by atoms with van der Waals surface area (Å²) < 4.78 is 55.4. The maximum Gasteiger partial charge on any atom is 0.471 e. The van der Waals surface area contributed by atoms with Crippen LogP contribution in [0.25, 0.3) is 22.3 Å². The van der Waals surface area contributed by atoms with Crippen molar-refractivity contribution in [2.75, 3.05) is 31.3 Å². The molecule has 0 unspecified atom stereocenters. The van der Waals surface area contributed by atoms with Crippen LogP contribution < -0.4 is 19.7 Å². The van der Waals surface area contributed by atoms with Crippen LogP contribution in [0.3, 0.4) is 0 Å². The van der Waals surface area contributed by atoms with Crippen LogP contribution in [0.4, 0.5) is 19.1 Å². The van der Waals surface area contributed by atoms with Crippen molar-refractivity contribution in [1.82, 2.24) is 30.0 Å². The van der Waals surface area contributed by atoms with Gasteiger partial charge in [0, 0.05) is 56.7 Å². The lowest BCUT2D eigenvalue weighted by molar-refractivity contribution is -0.159. The maximum absolute atomic E-state index is 12.7. The van der Waals surface area contributed by atoms with Gasteiger partial charge in [-0.05, 0) is 36.9 Å². The Morgan fingerprint density at radius 1 is 1.08 bits per heavy atom. The number of halogens is 3. The molecule has 0 atom stereocenters. The predicted octanol–water partition coefficient (Wildman–Crippen LogP) is 3.77. The van der Waals surface area contributed by atoms with Gasteiger partial charge in [0.05, 0.1) is 11.1 Å². The van der Waals surface area contributed by atoms with Crippen molar-refractivity contribution in [1.29, 1.82) is 0 Å². The monoisotopic (exact) mass is 515 g/mol. The lowest BCUT2D eigenvalue weighted by Crippen LogP contribution is -2.38. The molecule has 1 aromatic carbocycles. The van der Waals surface area contributed by atoms with E-state index in [0.29, 0.717) is 11.9 Å². The summed E-state index contributed by atoms with van der Waals surface area (Å²) in [5.74, 6) is 1.03. The molecule has 0 spiro atoms. The Bertz CT molecular complexity index is 1410. The first-order chi connectivity index (χ1) is 17.8. The zero-order chi connectivity index (χ0) is 25.6. The van der Waals surface area contributed by atoms with Crippen LogP contribution in [0.5, 0.6) is 11.5 Å². The molecule has 0 bridgehead atoms. The zero-order valence-corrected chi connectivity index (χ0v) is 20.0. The van der Waals surface area contributed by atoms with Crippen LogP contribution in [0, 0.1) is 5.92 Å². The Balaban J connectivity index is 1.01. The summed E-state index contributed by atoms with van der Waals surface area (Å²) in [6.45, 7) is 3.50. The number of anilines is 1. The molecule has 1 fully saturated rings. The number of hydrogen-bond acceptors (Lipinski definition) is 9. The summed E-state index contributed by atoms with van der Waals surface area (Å²) in [5.41, 5.74) is 2.59. The molecule has 3 aromatic heterocycles. The van der Waals surface area contributed by atoms with E-state index in [1.54, 1.807) is 0 Å². The highest BCUT2D eigenvalue weighted by Crippen LogP contribution is 2.37. The SMILES string of the molecule is Cn1cc(CNCC2CCN(c3ncc(-c4noc(C(F)(F)F)n4)cn3)CC2)c2cc3c(cc21)OCO3. The van der Waals surface area contributed by atoms with E-state index in [4.69, 9.17) is 9.47 Å². The smallest absolute Gasteiger partial charge is 0.454 e. The molecule has 2 aliphatic rings. The molecule has 10 nitrogen and oxygen atoms in total. The van der Waals surface area contributed by atoms with Gasteiger partial charge >= 0.3 is 12.1 Å². The quantitative estimate of drug-likeness (QED) is 0.411. The van der Waals surface area contributed by atoms with Crippen LogP contribution in [0.15, 0.2) is 35.2 Å². The number of alkyl halides is 3. The summed E-state index contributed by atoms with van der Waals surface area (Å²) >= 11 is 0. The molecule has 2 aliphatic heterocycles. The van der Waals surface area contributed by atoms with Gasteiger partial charge in [-0.2, -0.15) is 18.2 Å². The number of piperidine rings is 1. The van der Waals surface area contributed by atoms with Gasteiger partial charge < -0.3 is 28.8 Å². The molecule has 0 aliphatic carbocycles. The Labute approximate surface area is 209 Å². The Morgan fingerprint density at radius 3 is 2.51 bits per heavy atom. The molecule has 0 saturated carbocycles. The van der Waals surface area contributed by atoms with Crippen molar-refractivity contribution < 1.29 is 27.2 Å². The summed E-state index contributed by atoms with van der Waals surface area (Å²) in [4.78, 5) is 14.1. The van der Waals surface area contributed by atoms with E-state index in [2.05, 4.69) is 45.6 Å². The minimum Gasteiger partial charge on any atom is -0.454 e. The van der Waals surface area contributed by atoms with Crippen molar-refractivity contribution in [2.24, 2.45) is 13.0 Å². The fourth-order valence-corrected chi connectivity index (χ4v) is 4.80. The van der Waals surface area contributed by atoms with Crippen LogP contribution >= 0.6 is 0 Å². The van der Waals surface area contributed by atoms with Crippen LogP contribution in [0.2, 0.25) is 0 Å². The lowest BCUT2D eigenvalue weighted by atomic mass is 9.97. The highest BCUT2D eigenvalue weighted by Gasteiger charge is 2.38. The average Bonchev–Trinajstić information content (AvgIpc) is 3.63. The molecule has 194 valence electrons. The Kier molecular flexibility index (Phi) is 5.86. The number of rotatable bonds is 6. The molecule has 1 saturated heterocycles. The van der Waals surface area contributed by atoms with Crippen LogP contribution in [-0.4, -0.2) is 51.1 Å². The largest absolute Gasteiger partial charge is 0.471 e. The van der Waals surface area contributed by atoms with E-state index in [1.165, 1.54) is 18.0 Å². The fraction of sp³-hybridized carbons (Fsp3) is 0.417. The first kappa shape index (κ1) is 23.5. The average molecular weight is 515 g/mol. The van der Waals surface area contributed by atoms with E-state index in [0.717, 1.165) is 61.4 Å². The van der Waals surface area contributed by atoms with E-state index in [-0.39, 0.29) is 18.2 Å². The number of nitrogens with zero attached hydrogens (tertiary/aromatic N) is 6. The van der Waals surface area contributed by atoms with Crippen molar-refractivity contribution in [3.63, 3.8) is 0 Å². The Hall–Kier alpha value is -3.87. The van der Waals surface area contributed by atoms with Gasteiger partial charge in [-0.25, -0.2) is 9.97 Å². The van der Waals surface area contributed by atoms with E-state index in [1.807, 2.05) is 19.2 Å². The van der Waals surface area contributed by atoms with E-state index < -0.39 is 12.1 Å². The van der Waals surface area contributed by atoms with Crippen molar-refractivity contribution in [3.8, 4) is 22.9 Å². The van der Waals surface area contributed by atoms with E-state index >= 15 is 0 Å². The standard InChI is InChI=1S/C24H24F3N7O3/c1-33-12-16(17-6-19-20(7-18(17)33)36-13-35-19)9-28-8-14-2-4-34(5-3-14)23-29-10-15(11-30-23)21-31-22(37-32-21)24(25,26)27/h6-7,10-12,14,28H,2-5,8-9,13H2,1H3. The third-order valence-electron chi connectivity index (χ3n) is 6.78. The van der Waals surface area contributed by atoms with Gasteiger partial charge in [-0.15, -0.1) is 0 Å². The molecular weight excluding hydrogens is 491 g/mol. The highest BCUT2D eigenvalue weighted by molar-refractivity contribution is 5.87.